The van der Waals surface area contributed by atoms with E-state index in [0.717, 1.165) is 6.42 Å². The molecule has 5 heteroatoms. The van der Waals surface area contributed by atoms with Crippen molar-refractivity contribution in [1.82, 2.24) is 4.90 Å². The first-order valence-corrected chi connectivity index (χ1v) is 9.26. The van der Waals surface area contributed by atoms with Gasteiger partial charge < -0.3 is 4.90 Å². The fraction of sp³-hybridized carbons (Fsp3) is 0.650. The summed E-state index contributed by atoms with van der Waals surface area (Å²) in [7, 11) is 3.68. The Hall–Kier alpha value is -1.91. The fourth-order valence-corrected chi connectivity index (χ4v) is 6.41. The van der Waals surface area contributed by atoms with E-state index in [0.29, 0.717) is 18.3 Å². The van der Waals surface area contributed by atoms with Crippen LogP contribution < -0.4 is 0 Å². The van der Waals surface area contributed by atoms with Crippen LogP contribution in [0.1, 0.15) is 50.5 Å². The van der Waals surface area contributed by atoms with Crippen molar-refractivity contribution in [2.75, 3.05) is 14.1 Å². The molecule has 0 N–H and O–H groups in total. The van der Waals surface area contributed by atoms with Crippen molar-refractivity contribution in [2.24, 2.45) is 17.3 Å². The van der Waals surface area contributed by atoms with Crippen molar-refractivity contribution in [3.8, 4) is 0 Å². The van der Waals surface area contributed by atoms with Gasteiger partial charge in [0, 0.05) is 32.6 Å². The number of carbonyl (C=O) groups is 1. The van der Waals surface area contributed by atoms with Gasteiger partial charge in [0.05, 0.1) is 4.92 Å². The molecule has 0 saturated heterocycles. The van der Waals surface area contributed by atoms with E-state index < -0.39 is 0 Å². The zero-order valence-electron chi connectivity index (χ0n) is 15.0. The van der Waals surface area contributed by atoms with E-state index in [9.17, 15) is 14.9 Å². The second-order valence-electron chi connectivity index (χ2n) is 9.01. The summed E-state index contributed by atoms with van der Waals surface area (Å²) in [5.41, 5.74) is 1.65. The average molecular weight is 342 g/mol. The molecule has 0 radical (unpaired) electrons. The Kier molecular flexibility index (Phi) is 3.67. The Labute approximate surface area is 148 Å². The van der Waals surface area contributed by atoms with Crippen LogP contribution in [0.4, 0.5) is 5.69 Å². The normalized spacial score (nSPS) is 35.6. The maximum atomic E-state index is 12.4. The summed E-state index contributed by atoms with van der Waals surface area (Å²) in [6.07, 6.45) is 7.73. The molecule has 134 valence electrons. The Morgan fingerprint density at radius 3 is 2.28 bits per heavy atom. The van der Waals surface area contributed by atoms with E-state index in [1.807, 2.05) is 26.2 Å². The van der Waals surface area contributed by atoms with Crippen LogP contribution in [0.25, 0.3) is 0 Å². The topological polar surface area (TPSA) is 63.5 Å². The van der Waals surface area contributed by atoms with Gasteiger partial charge >= 0.3 is 0 Å². The van der Waals surface area contributed by atoms with Crippen LogP contribution in [-0.4, -0.2) is 29.8 Å². The molecular weight excluding hydrogens is 316 g/mol. The Morgan fingerprint density at radius 2 is 1.76 bits per heavy atom. The van der Waals surface area contributed by atoms with Gasteiger partial charge in [-0.1, -0.05) is 12.1 Å². The maximum Gasteiger partial charge on any atom is 0.269 e. The summed E-state index contributed by atoms with van der Waals surface area (Å²) in [5, 5.41) is 11.0. The van der Waals surface area contributed by atoms with E-state index in [4.69, 9.17) is 0 Å². The van der Waals surface area contributed by atoms with Gasteiger partial charge in [-0.3, -0.25) is 14.9 Å². The van der Waals surface area contributed by atoms with Crippen LogP contribution in [-0.2, 0) is 10.2 Å². The molecule has 0 heterocycles. The van der Waals surface area contributed by atoms with Crippen molar-refractivity contribution in [2.45, 2.75) is 50.4 Å². The van der Waals surface area contributed by atoms with Gasteiger partial charge in [0.1, 0.15) is 0 Å². The lowest BCUT2D eigenvalue weighted by Crippen LogP contribution is -2.55. The number of hydrogen-bond donors (Lipinski definition) is 0. The first-order valence-electron chi connectivity index (χ1n) is 9.26. The molecule has 0 aromatic heterocycles. The molecule has 1 aromatic carbocycles. The third kappa shape index (κ3) is 2.74. The molecule has 1 amide bonds. The monoisotopic (exact) mass is 342 g/mol. The number of non-ortho nitro benzene ring substituents is 1. The van der Waals surface area contributed by atoms with Crippen molar-refractivity contribution in [1.29, 1.82) is 0 Å². The second kappa shape index (κ2) is 5.55. The summed E-state index contributed by atoms with van der Waals surface area (Å²) >= 11 is 0. The molecule has 5 rings (SSSR count). The molecule has 2 atom stereocenters. The maximum absolute atomic E-state index is 12.4. The minimum absolute atomic E-state index is 0.117. The Balaban J connectivity index is 1.66. The predicted molar refractivity (Wildman–Crippen MR) is 95.2 cm³/mol. The molecule has 4 bridgehead atoms. The zero-order chi connectivity index (χ0) is 17.8. The van der Waals surface area contributed by atoms with Crippen LogP contribution in [0.2, 0.25) is 0 Å². The summed E-state index contributed by atoms with van der Waals surface area (Å²) in [5.74, 6) is 1.64. The SMILES string of the molecule is CN(C)C(=O)CC12CC3CC(C1)CC(c1ccc([N+](=O)[O-])cc1)(C3)C2. The van der Waals surface area contributed by atoms with E-state index >= 15 is 0 Å². The largest absolute Gasteiger partial charge is 0.349 e. The average Bonchev–Trinajstić information content (AvgIpc) is 2.53. The highest BCUT2D eigenvalue weighted by atomic mass is 16.6. The Bertz CT molecular complexity index is 696. The van der Waals surface area contributed by atoms with Crippen LogP contribution in [0.3, 0.4) is 0 Å². The van der Waals surface area contributed by atoms with Gasteiger partial charge in [0.2, 0.25) is 5.91 Å². The number of nitrogens with zero attached hydrogens (tertiary/aromatic N) is 2. The molecule has 4 aliphatic rings. The van der Waals surface area contributed by atoms with E-state index in [1.165, 1.54) is 37.7 Å². The van der Waals surface area contributed by atoms with Gasteiger partial charge in [0.15, 0.2) is 0 Å². The molecule has 2 unspecified atom stereocenters. The zero-order valence-corrected chi connectivity index (χ0v) is 15.0. The van der Waals surface area contributed by atoms with Gasteiger partial charge in [-0.25, -0.2) is 0 Å². The smallest absolute Gasteiger partial charge is 0.269 e. The van der Waals surface area contributed by atoms with E-state index in [-0.39, 0.29) is 27.3 Å². The molecule has 0 spiro atoms. The third-order valence-corrected chi connectivity index (χ3v) is 6.90. The van der Waals surface area contributed by atoms with Gasteiger partial charge in [-0.05, 0) is 66.8 Å². The van der Waals surface area contributed by atoms with Gasteiger partial charge in [-0.2, -0.15) is 0 Å². The number of nitro benzene ring substituents is 1. The molecule has 4 aliphatic carbocycles. The van der Waals surface area contributed by atoms with E-state index in [2.05, 4.69) is 0 Å². The lowest BCUT2D eigenvalue weighted by Gasteiger charge is -2.62. The van der Waals surface area contributed by atoms with Crippen LogP contribution >= 0.6 is 0 Å². The quantitative estimate of drug-likeness (QED) is 0.615. The lowest BCUT2D eigenvalue weighted by atomic mass is 9.42. The summed E-state index contributed by atoms with van der Waals surface area (Å²) in [6, 6.07) is 7.22. The molecule has 1 aromatic rings. The minimum atomic E-state index is -0.333. The number of nitro groups is 1. The molecule has 4 fully saturated rings. The summed E-state index contributed by atoms with van der Waals surface area (Å²) < 4.78 is 0. The molecular formula is C20H26N2O3. The van der Waals surface area contributed by atoms with Crippen LogP contribution in [0.15, 0.2) is 24.3 Å². The first kappa shape index (κ1) is 16.6. The van der Waals surface area contributed by atoms with Crippen LogP contribution in [0.5, 0.6) is 0 Å². The molecule has 4 saturated carbocycles. The van der Waals surface area contributed by atoms with E-state index in [1.54, 1.807) is 17.0 Å². The number of hydrogen-bond acceptors (Lipinski definition) is 3. The minimum Gasteiger partial charge on any atom is -0.349 e. The second-order valence-corrected chi connectivity index (χ2v) is 9.01. The van der Waals surface area contributed by atoms with Crippen molar-refractivity contribution in [3.63, 3.8) is 0 Å². The third-order valence-electron chi connectivity index (χ3n) is 6.90. The fourth-order valence-electron chi connectivity index (χ4n) is 6.41. The van der Waals surface area contributed by atoms with Crippen molar-refractivity contribution >= 4 is 11.6 Å². The molecule has 5 nitrogen and oxygen atoms in total. The first-order chi connectivity index (χ1) is 11.8. The van der Waals surface area contributed by atoms with Crippen molar-refractivity contribution in [3.05, 3.63) is 39.9 Å². The lowest BCUT2D eigenvalue weighted by molar-refractivity contribution is -0.384. The molecule has 0 aliphatic heterocycles. The standard InChI is InChI=1S/C20H26N2O3/c1-21(2)18(23)12-19-8-14-7-15(9-19)11-20(10-14,13-19)16-3-5-17(6-4-16)22(24)25/h3-6,14-15H,7-13H2,1-2H3. The number of amides is 1. The van der Waals surface area contributed by atoms with Crippen LogP contribution in [0, 0.1) is 27.4 Å². The van der Waals surface area contributed by atoms with Gasteiger partial charge in [0.25, 0.3) is 5.69 Å². The number of benzene rings is 1. The summed E-state index contributed by atoms with van der Waals surface area (Å²) in [4.78, 5) is 24.8. The highest BCUT2D eigenvalue weighted by Gasteiger charge is 2.58. The number of rotatable bonds is 4. The van der Waals surface area contributed by atoms with Gasteiger partial charge in [-0.15, -0.1) is 0 Å². The summed E-state index contributed by atoms with van der Waals surface area (Å²) in [6.45, 7) is 0. The molecule has 25 heavy (non-hydrogen) atoms. The number of carbonyl (C=O) groups excluding carboxylic acids is 1. The predicted octanol–water partition coefficient (Wildman–Crippen LogP) is 3.91. The Morgan fingerprint density at radius 1 is 1.16 bits per heavy atom. The highest BCUT2D eigenvalue weighted by molar-refractivity contribution is 5.76. The van der Waals surface area contributed by atoms with Crippen molar-refractivity contribution < 1.29 is 9.72 Å². The highest BCUT2D eigenvalue weighted by Crippen LogP contribution is 2.66.